The third kappa shape index (κ3) is 4.07. The third-order valence-electron chi connectivity index (χ3n) is 4.03. The number of hydrogen-bond donors (Lipinski definition) is 1. The number of carbonyl (C=O) groups is 2. The predicted molar refractivity (Wildman–Crippen MR) is 96.4 cm³/mol. The van der Waals surface area contributed by atoms with Gasteiger partial charge in [0.05, 0.1) is 5.56 Å². The van der Waals surface area contributed by atoms with E-state index in [2.05, 4.69) is 5.32 Å². The van der Waals surface area contributed by atoms with Crippen LogP contribution >= 0.6 is 0 Å². The second-order valence-corrected chi connectivity index (χ2v) is 5.83. The fourth-order valence-corrected chi connectivity index (χ4v) is 2.76. The lowest BCUT2D eigenvalue weighted by Crippen LogP contribution is -2.30. The Kier molecular flexibility index (Phi) is 5.14. The van der Waals surface area contributed by atoms with Crippen LogP contribution in [0, 0.1) is 0 Å². The molecule has 3 rings (SSSR count). The number of rotatable bonds is 6. The predicted octanol–water partition coefficient (Wildman–Crippen LogP) is 2.69. The van der Waals surface area contributed by atoms with Crippen LogP contribution in [0.25, 0.3) is 10.9 Å². The van der Waals surface area contributed by atoms with Crippen molar-refractivity contribution in [3.63, 3.8) is 0 Å². The maximum atomic E-state index is 12.3. The Morgan fingerprint density at radius 2 is 1.76 bits per heavy atom. The maximum Gasteiger partial charge on any atom is 0.340 e. The van der Waals surface area contributed by atoms with Crippen LogP contribution in [0.2, 0.25) is 0 Å². The Morgan fingerprint density at radius 1 is 1.04 bits per heavy atom. The van der Waals surface area contributed by atoms with Crippen LogP contribution in [0.5, 0.6) is 0 Å². The van der Waals surface area contributed by atoms with Crippen molar-refractivity contribution >= 4 is 22.8 Å². The van der Waals surface area contributed by atoms with Gasteiger partial charge in [0.15, 0.2) is 6.61 Å². The lowest BCUT2D eigenvalue weighted by atomic mass is 10.1. The molecule has 1 aromatic heterocycles. The van der Waals surface area contributed by atoms with Gasteiger partial charge in [-0.3, -0.25) is 4.79 Å². The molecule has 0 bridgehead atoms. The highest BCUT2D eigenvalue weighted by atomic mass is 16.5. The van der Waals surface area contributed by atoms with Gasteiger partial charge in [0.25, 0.3) is 5.91 Å². The number of nitrogens with zero attached hydrogens (tertiary/aromatic N) is 1. The van der Waals surface area contributed by atoms with Gasteiger partial charge in [0.1, 0.15) is 0 Å². The maximum absolute atomic E-state index is 12.3. The number of para-hydroxylation sites is 1. The van der Waals surface area contributed by atoms with Crippen molar-refractivity contribution in [2.45, 2.75) is 6.42 Å². The number of amides is 1. The van der Waals surface area contributed by atoms with E-state index in [9.17, 15) is 9.59 Å². The molecule has 3 aromatic rings. The highest BCUT2D eigenvalue weighted by Crippen LogP contribution is 2.20. The summed E-state index contributed by atoms with van der Waals surface area (Å²) >= 11 is 0. The average Bonchev–Trinajstić information content (AvgIpc) is 2.98. The smallest absolute Gasteiger partial charge is 0.340 e. The van der Waals surface area contributed by atoms with E-state index in [1.165, 1.54) is 0 Å². The van der Waals surface area contributed by atoms with Crippen LogP contribution in [-0.2, 0) is 23.0 Å². The van der Waals surface area contributed by atoms with Crippen molar-refractivity contribution in [3.05, 3.63) is 71.9 Å². The van der Waals surface area contributed by atoms with Crippen molar-refractivity contribution in [2.75, 3.05) is 13.2 Å². The van der Waals surface area contributed by atoms with Crippen LogP contribution in [0.3, 0.4) is 0 Å². The largest absolute Gasteiger partial charge is 0.452 e. The Bertz CT molecular complexity index is 884. The van der Waals surface area contributed by atoms with E-state index in [1.54, 1.807) is 6.20 Å². The summed E-state index contributed by atoms with van der Waals surface area (Å²) in [4.78, 5) is 24.1. The minimum atomic E-state index is -0.491. The number of hydrogen-bond acceptors (Lipinski definition) is 3. The molecule has 0 aliphatic heterocycles. The van der Waals surface area contributed by atoms with E-state index in [0.717, 1.165) is 22.9 Å². The second kappa shape index (κ2) is 7.66. The van der Waals surface area contributed by atoms with E-state index in [4.69, 9.17) is 4.74 Å². The summed E-state index contributed by atoms with van der Waals surface area (Å²) < 4.78 is 7.02. The number of benzene rings is 2. The summed E-state index contributed by atoms with van der Waals surface area (Å²) in [5.41, 5.74) is 2.56. The molecule has 1 amide bonds. The molecule has 0 atom stereocenters. The van der Waals surface area contributed by atoms with E-state index in [-0.39, 0.29) is 12.5 Å². The molecule has 0 aliphatic carbocycles. The number of ether oxygens (including phenoxy) is 1. The molecule has 0 fully saturated rings. The molecule has 0 aliphatic rings. The summed E-state index contributed by atoms with van der Waals surface area (Å²) in [7, 11) is 1.87. The molecule has 5 nitrogen and oxygen atoms in total. The van der Waals surface area contributed by atoms with Crippen molar-refractivity contribution in [1.82, 2.24) is 9.88 Å². The van der Waals surface area contributed by atoms with Crippen molar-refractivity contribution in [3.8, 4) is 0 Å². The topological polar surface area (TPSA) is 60.3 Å². The second-order valence-electron chi connectivity index (χ2n) is 5.83. The fraction of sp³-hybridized carbons (Fsp3) is 0.200. The van der Waals surface area contributed by atoms with Gasteiger partial charge in [-0.25, -0.2) is 4.79 Å². The highest BCUT2D eigenvalue weighted by Gasteiger charge is 2.16. The summed E-state index contributed by atoms with van der Waals surface area (Å²) in [5, 5.41) is 3.58. The van der Waals surface area contributed by atoms with Crippen molar-refractivity contribution in [2.24, 2.45) is 7.05 Å². The molecule has 1 heterocycles. The number of fused-ring (bicyclic) bond motifs is 1. The molecule has 0 saturated heterocycles. The molecule has 128 valence electrons. The average molecular weight is 336 g/mol. The minimum Gasteiger partial charge on any atom is -0.452 e. The molecule has 5 heteroatoms. The first-order valence-electron chi connectivity index (χ1n) is 8.17. The van der Waals surface area contributed by atoms with Crippen LogP contribution in [0.1, 0.15) is 15.9 Å². The van der Waals surface area contributed by atoms with Crippen LogP contribution < -0.4 is 5.32 Å². The van der Waals surface area contributed by atoms with E-state index in [0.29, 0.717) is 12.1 Å². The fourth-order valence-electron chi connectivity index (χ4n) is 2.76. The SMILES string of the molecule is Cn1cc(C(=O)OCC(=O)NCCc2ccccc2)c2ccccc21. The zero-order valence-electron chi connectivity index (χ0n) is 14.1. The van der Waals surface area contributed by atoms with Gasteiger partial charge in [-0.05, 0) is 18.1 Å². The van der Waals surface area contributed by atoms with Gasteiger partial charge in [0, 0.05) is 30.7 Å². The molecule has 0 unspecified atom stereocenters. The Balaban J connectivity index is 1.50. The van der Waals surface area contributed by atoms with Gasteiger partial charge in [-0.1, -0.05) is 48.5 Å². The number of nitrogens with one attached hydrogen (secondary N) is 1. The summed E-state index contributed by atoms with van der Waals surface area (Å²) in [6.07, 6.45) is 2.46. The minimum absolute atomic E-state index is 0.281. The summed E-state index contributed by atoms with van der Waals surface area (Å²) in [6.45, 7) is 0.228. The summed E-state index contributed by atoms with van der Waals surface area (Å²) in [6, 6.07) is 17.5. The van der Waals surface area contributed by atoms with Gasteiger partial charge >= 0.3 is 5.97 Å². The molecular weight excluding hydrogens is 316 g/mol. The van der Waals surface area contributed by atoms with Gasteiger partial charge in [0.2, 0.25) is 0 Å². The number of esters is 1. The molecule has 0 spiro atoms. The van der Waals surface area contributed by atoms with Crippen LogP contribution in [-0.4, -0.2) is 29.6 Å². The van der Waals surface area contributed by atoms with E-state index < -0.39 is 5.97 Å². The monoisotopic (exact) mass is 336 g/mol. The lowest BCUT2D eigenvalue weighted by molar-refractivity contribution is -0.124. The molecule has 1 N–H and O–H groups in total. The zero-order valence-corrected chi connectivity index (χ0v) is 14.1. The van der Waals surface area contributed by atoms with E-state index >= 15 is 0 Å². The van der Waals surface area contributed by atoms with Crippen molar-refractivity contribution < 1.29 is 14.3 Å². The van der Waals surface area contributed by atoms with Crippen LogP contribution in [0.4, 0.5) is 0 Å². The normalized spacial score (nSPS) is 10.6. The third-order valence-corrected chi connectivity index (χ3v) is 4.03. The molecule has 0 radical (unpaired) electrons. The first-order valence-corrected chi connectivity index (χ1v) is 8.17. The molecule has 25 heavy (non-hydrogen) atoms. The van der Waals surface area contributed by atoms with E-state index in [1.807, 2.05) is 66.2 Å². The molecule has 0 saturated carbocycles. The van der Waals surface area contributed by atoms with Gasteiger partial charge in [-0.15, -0.1) is 0 Å². The number of aryl methyl sites for hydroxylation is 1. The zero-order chi connectivity index (χ0) is 17.6. The number of aromatic nitrogens is 1. The number of carbonyl (C=O) groups excluding carboxylic acids is 2. The Morgan fingerprint density at radius 3 is 2.56 bits per heavy atom. The lowest BCUT2D eigenvalue weighted by Gasteiger charge is -2.06. The highest BCUT2D eigenvalue weighted by molar-refractivity contribution is 6.04. The summed E-state index contributed by atoms with van der Waals surface area (Å²) in [5.74, 6) is -0.792. The van der Waals surface area contributed by atoms with Crippen LogP contribution in [0.15, 0.2) is 60.8 Å². The standard InChI is InChI=1S/C20H20N2O3/c1-22-13-17(16-9-5-6-10-18(16)22)20(24)25-14-19(23)21-12-11-15-7-3-2-4-8-15/h2-10,13H,11-12,14H2,1H3,(H,21,23). The quantitative estimate of drug-likeness (QED) is 0.704. The molecular formula is C20H20N2O3. The first-order chi connectivity index (χ1) is 12.1. The van der Waals surface area contributed by atoms with Crippen molar-refractivity contribution in [1.29, 1.82) is 0 Å². The Hall–Kier alpha value is -3.08. The Labute approximate surface area is 146 Å². The first kappa shape index (κ1) is 16.8. The van der Waals surface area contributed by atoms with Gasteiger partial charge in [-0.2, -0.15) is 0 Å². The molecule has 2 aromatic carbocycles. The van der Waals surface area contributed by atoms with Gasteiger partial charge < -0.3 is 14.6 Å².